The molecular weight excluding hydrogens is 290 g/mol. The average Bonchev–Trinajstić information content (AvgIpc) is 2.90. The van der Waals surface area contributed by atoms with Crippen molar-refractivity contribution >= 4 is 17.0 Å². The molecule has 1 aliphatic heterocycles. The minimum atomic E-state index is -0.122. The molecule has 0 spiro atoms. The maximum absolute atomic E-state index is 11.6. The van der Waals surface area contributed by atoms with Gasteiger partial charge < -0.3 is 14.2 Å². The Morgan fingerprint density at radius 2 is 2.04 bits per heavy atom. The molecule has 0 bridgehead atoms. The summed E-state index contributed by atoms with van der Waals surface area (Å²) in [5.74, 6) is 0.906. The van der Waals surface area contributed by atoms with Crippen LogP contribution in [0, 0.1) is 12.8 Å². The molecular formula is C18H25N3O2. The minimum Gasteiger partial charge on any atom is -0.469 e. The van der Waals surface area contributed by atoms with E-state index in [9.17, 15) is 4.79 Å². The Morgan fingerprint density at radius 3 is 2.74 bits per heavy atom. The smallest absolute Gasteiger partial charge is 0.309 e. The fourth-order valence-electron chi connectivity index (χ4n) is 3.65. The Balaban J connectivity index is 1.67. The summed E-state index contributed by atoms with van der Waals surface area (Å²) in [5.41, 5.74) is 2.30. The van der Waals surface area contributed by atoms with Gasteiger partial charge in [-0.1, -0.05) is 19.1 Å². The number of likely N-dealkylation sites (tertiary alicyclic amines) is 1. The molecule has 0 amide bonds. The normalized spacial score (nSPS) is 18.2. The summed E-state index contributed by atoms with van der Waals surface area (Å²) in [6.45, 7) is 6.83. The quantitative estimate of drug-likeness (QED) is 0.814. The summed E-state index contributed by atoms with van der Waals surface area (Å²) in [7, 11) is 1.46. The summed E-state index contributed by atoms with van der Waals surface area (Å²) >= 11 is 0. The standard InChI is InChI=1S/C18H25N3O2/c1-13(18(22)23-3)12-20-10-8-15(9-11-20)21-14(2)19-16-6-4-5-7-17(16)21/h4-7,13,15H,8-12H2,1-3H3. The van der Waals surface area contributed by atoms with Crippen molar-refractivity contribution in [1.82, 2.24) is 14.5 Å². The van der Waals surface area contributed by atoms with Crippen molar-refractivity contribution in [1.29, 1.82) is 0 Å². The van der Waals surface area contributed by atoms with Gasteiger partial charge in [-0.2, -0.15) is 0 Å². The fourth-order valence-corrected chi connectivity index (χ4v) is 3.65. The number of methoxy groups -OCH3 is 1. The van der Waals surface area contributed by atoms with E-state index < -0.39 is 0 Å². The lowest BCUT2D eigenvalue weighted by Crippen LogP contribution is -2.39. The molecule has 124 valence electrons. The monoisotopic (exact) mass is 315 g/mol. The number of nitrogens with zero attached hydrogens (tertiary/aromatic N) is 3. The molecule has 0 radical (unpaired) electrons. The zero-order valence-corrected chi connectivity index (χ0v) is 14.2. The van der Waals surface area contributed by atoms with E-state index in [1.807, 2.05) is 13.0 Å². The highest BCUT2D eigenvalue weighted by Gasteiger charge is 2.25. The lowest BCUT2D eigenvalue weighted by atomic mass is 10.0. The van der Waals surface area contributed by atoms with E-state index in [0.29, 0.717) is 6.04 Å². The highest BCUT2D eigenvalue weighted by atomic mass is 16.5. The number of piperidine rings is 1. The first-order chi connectivity index (χ1) is 11.1. The summed E-state index contributed by atoms with van der Waals surface area (Å²) < 4.78 is 7.20. The van der Waals surface area contributed by atoms with Gasteiger partial charge in [-0.15, -0.1) is 0 Å². The van der Waals surface area contributed by atoms with Crippen LogP contribution >= 0.6 is 0 Å². The molecule has 3 rings (SSSR count). The van der Waals surface area contributed by atoms with E-state index in [1.165, 1.54) is 12.6 Å². The number of hydrogen-bond donors (Lipinski definition) is 0. The van der Waals surface area contributed by atoms with Gasteiger partial charge in [0, 0.05) is 25.7 Å². The first-order valence-corrected chi connectivity index (χ1v) is 8.34. The van der Waals surface area contributed by atoms with Gasteiger partial charge in [-0.05, 0) is 31.9 Å². The van der Waals surface area contributed by atoms with Crippen LogP contribution in [0.2, 0.25) is 0 Å². The van der Waals surface area contributed by atoms with Crippen LogP contribution in [-0.4, -0.2) is 47.2 Å². The Hall–Kier alpha value is -1.88. The third-order valence-electron chi connectivity index (χ3n) is 4.83. The number of ether oxygens (including phenoxy) is 1. The van der Waals surface area contributed by atoms with E-state index in [4.69, 9.17) is 4.74 Å². The van der Waals surface area contributed by atoms with Gasteiger partial charge in [0.25, 0.3) is 0 Å². The summed E-state index contributed by atoms with van der Waals surface area (Å²) in [4.78, 5) is 18.6. The van der Waals surface area contributed by atoms with Crippen molar-refractivity contribution in [3.8, 4) is 0 Å². The topological polar surface area (TPSA) is 47.4 Å². The number of aryl methyl sites for hydroxylation is 1. The van der Waals surface area contributed by atoms with Crippen LogP contribution in [0.3, 0.4) is 0 Å². The second-order valence-corrected chi connectivity index (χ2v) is 6.47. The predicted octanol–water partition coefficient (Wildman–Crippen LogP) is 2.79. The highest BCUT2D eigenvalue weighted by Crippen LogP contribution is 2.28. The Bertz CT molecular complexity index is 687. The van der Waals surface area contributed by atoms with E-state index in [0.717, 1.165) is 43.8 Å². The van der Waals surface area contributed by atoms with Crippen molar-refractivity contribution in [3.05, 3.63) is 30.1 Å². The predicted molar refractivity (Wildman–Crippen MR) is 90.4 cm³/mol. The van der Waals surface area contributed by atoms with Gasteiger partial charge in [-0.3, -0.25) is 4.79 Å². The van der Waals surface area contributed by atoms with E-state index in [2.05, 4.69) is 39.6 Å². The molecule has 1 atom stereocenters. The van der Waals surface area contributed by atoms with Crippen molar-refractivity contribution < 1.29 is 9.53 Å². The van der Waals surface area contributed by atoms with Gasteiger partial charge in [0.2, 0.25) is 0 Å². The first-order valence-electron chi connectivity index (χ1n) is 8.34. The minimum absolute atomic E-state index is 0.0626. The Morgan fingerprint density at radius 1 is 1.35 bits per heavy atom. The maximum Gasteiger partial charge on any atom is 0.309 e. The lowest BCUT2D eigenvalue weighted by molar-refractivity contribution is -0.145. The van der Waals surface area contributed by atoms with Crippen LogP contribution in [0.5, 0.6) is 0 Å². The SMILES string of the molecule is COC(=O)C(C)CN1CCC(n2c(C)nc3ccccc32)CC1. The zero-order valence-electron chi connectivity index (χ0n) is 14.2. The molecule has 0 aliphatic carbocycles. The molecule has 1 aromatic carbocycles. The molecule has 5 heteroatoms. The maximum atomic E-state index is 11.6. The molecule has 5 nitrogen and oxygen atoms in total. The molecule has 0 saturated carbocycles. The van der Waals surface area contributed by atoms with Crippen LogP contribution in [0.15, 0.2) is 24.3 Å². The average molecular weight is 315 g/mol. The summed E-state index contributed by atoms with van der Waals surface area (Å²) in [6.07, 6.45) is 2.18. The van der Waals surface area contributed by atoms with E-state index >= 15 is 0 Å². The van der Waals surface area contributed by atoms with Gasteiger partial charge in [0.15, 0.2) is 0 Å². The van der Waals surface area contributed by atoms with Crippen LogP contribution < -0.4 is 0 Å². The molecule has 1 fully saturated rings. The van der Waals surface area contributed by atoms with Crippen LogP contribution in [0.1, 0.15) is 31.6 Å². The number of fused-ring (bicyclic) bond motifs is 1. The number of imidazole rings is 1. The van der Waals surface area contributed by atoms with Gasteiger partial charge in [0.1, 0.15) is 5.82 Å². The first kappa shape index (κ1) is 16.0. The Labute approximate surface area is 137 Å². The van der Waals surface area contributed by atoms with Gasteiger partial charge in [0.05, 0.1) is 24.1 Å². The lowest BCUT2D eigenvalue weighted by Gasteiger charge is -2.34. The summed E-state index contributed by atoms with van der Waals surface area (Å²) in [5, 5.41) is 0. The fraction of sp³-hybridized carbons (Fsp3) is 0.556. The van der Waals surface area contributed by atoms with Crippen LogP contribution in [-0.2, 0) is 9.53 Å². The molecule has 2 aromatic rings. The van der Waals surface area contributed by atoms with E-state index in [-0.39, 0.29) is 11.9 Å². The molecule has 1 aromatic heterocycles. The van der Waals surface area contributed by atoms with Crippen molar-refractivity contribution in [2.75, 3.05) is 26.7 Å². The molecule has 2 heterocycles. The van der Waals surface area contributed by atoms with Gasteiger partial charge >= 0.3 is 5.97 Å². The van der Waals surface area contributed by atoms with Crippen LogP contribution in [0.25, 0.3) is 11.0 Å². The summed E-state index contributed by atoms with van der Waals surface area (Å²) in [6, 6.07) is 8.84. The molecule has 1 saturated heterocycles. The molecule has 23 heavy (non-hydrogen) atoms. The number of carbonyl (C=O) groups excluding carboxylic acids is 1. The third-order valence-corrected chi connectivity index (χ3v) is 4.83. The number of esters is 1. The van der Waals surface area contributed by atoms with E-state index in [1.54, 1.807) is 0 Å². The number of benzene rings is 1. The largest absolute Gasteiger partial charge is 0.469 e. The number of carbonyl (C=O) groups is 1. The molecule has 1 aliphatic rings. The highest BCUT2D eigenvalue weighted by molar-refractivity contribution is 5.76. The molecule has 1 unspecified atom stereocenters. The molecule has 0 N–H and O–H groups in total. The number of para-hydroxylation sites is 2. The second-order valence-electron chi connectivity index (χ2n) is 6.47. The number of rotatable bonds is 4. The zero-order chi connectivity index (χ0) is 16.4. The van der Waals surface area contributed by atoms with Crippen molar-refractivity contribution in [3.63, 3.8) is 0 Å². The Kier molecular flexibility index (Phi) is 4.66. The second kappa shape index (κ2) is 6.71. The van der Waals surface area contributed by atoms with Crippen LogP contribution in [0.4, 0.5) is 0 Å². The van der Waals surface area contributed by atoms with Crippen molar-refractivity contribution in [2.45, 2.75) is 32.7 Å². The number of hydrogen-bond acceptors (Lipinski definition) is 4. The third kappa shape index (κ3) is 3.24. The number of aromatic nitrogens is 2. The van der Waals surface area contributed by atoms with Crippen molar-refractivity contribution in [2.24, 2.45) is 5.92 Å². The van der Waals surface area contributed by atoms with Gasteiger partial charge in [-0.25, -0.2) is 4.98 Å².